The number of benzene rings is 1. The Morgan fingerprint density at radius 3 is 2.88 bits per heavy atom. The van der Waals surface area contributed by atoms with Gasteiger partial charge < -0.3 is 15.1 Å². The Hall–Kier alpha value is -3.75. The van der Waals surface area contributed by atoms with E-state index >= 15 is 0 Å². The zero-order valence-corrected chi connectivity index (χ0v) is 18.2. The highest BCUT2D eigenvalue weighted by Gasteiger charge is 2.24. The van der Waals surface area contributed by atoms with E-state index in [1.165, 1.54) is 0 Å². The number of carbonyl (C=O) groups is 1. The Bertz CT molecular complexity index is 1190. The molecule has 1 atom stereocenters. The predicted molar refractivity (Wildman–Crippen MR) is 125 cm³/mol. The van der Waals surface area contributed by atoms with Crippen molar-refractivity contribution in [2.75, 3.05) is 26.3 Å². The van der Waals surface area contributed by atoms with Gasteiger partial charge in [0.25, 0.3) is 0 Å². The molecule has 168 valence electrons. The Morgan fingerprint density at radius 2 is 2.03 bits per heavy atom. The minimum Gasteiger partial charge on any atom is -0.462 e. The first-order valence-electron chi connectivity index (χ1n) is 11.1. The van der Waals surface area contributed by atoms with Crippen LogP contribution in [0, 0.1) is 0 Å². The molecular formula is C25H26N6O2. The van der Waals surface area contributed by atoms with Gasteiger partial charge in [0, 0.05) is 37.6 Å². The molecule has 1 saturated heterocycles. The minimum atomic E-state index is -0.0459. The van der Waals surface area contributed by atoms with E-state index in [1.54, 1.807) is 17.1 Å². The maximum Gasteiger partial charge on any atom is 0.225 e. The van der Waals surface area contributed by atoms with Crippen molar-refractivity contribution >= 4 is 5.91 Å². The third-order valence-electron chi connectivity index (χ3n) is 5.74. The molecule has 0 bridgehead atoms. The van der Waals surface area contributed by atoms with Crippen molar-refractivity contribution in [2.24, 2.45) is 0 Å². The molecule has 0 saturated carbocycles. The van der Waals surface area contributed by atoms with Crippen LogP contribution in [0.2, 0.25) is 0 Å². The van der Waals surface area contributed by atoms with Crippen molar-refractivity contribution in [3.8, 4) is 17.1 Å². The van der Waals surface area contributed by atoms with E-state index in [0.717, 1.165) is 42.3 Å². The SMILES string of the molecule is O=C(Cc1coc(-c2ccn(-c3ccccc3)n2)c1)NCN1CCNCC1c1ccccn1. The lowest BCUT2D eigenvalue weighted by Gasteiger charge is -2.35. The van der Waals surface area contributed by atoms with Gasteiger partial charge in [-0.2, -0.15) is 5.10 Å². The summed E-state index contributed by atoms with van der Waals surface area (Å²) in [5.74, 6) is 0.597. The fraction of sp³-hybridized carbons (Fsp3) is 0.240. The minimum absolute atomic E-state index is 0.0459. The van der Waals surface area contributed by atoms with Gasteiger partial charge in [-0.15, -0.1) is 0 Å². The van der Waals surface area contributed by atoms with Gasteiger partial charge in [0.05, 0.1) is 36.8 Å². The maximum atomic E-state index is 12.6. The van der Waals surface area contributed by atoms with Crippen LogP contribution < -0.4 is 10.6 Å². The lowest BCUT2D eigenvalue weighted by molar-refractivity contribution is -0.121. The van der Waals surface area contributed by atoms with Crippen molar-refractivity contribution in [2.45, 2.75) is 12.5 Å². The average molecular weight is 443 g/mol. The van der Waals surface area contributed by atoms with Gasteiger partial charge in [-0.25, -0.2) is 4.68 Å². The fourth-order valence-corrected chi connectivity index (χ4v) is 4.02. The van der Waals surface area contributed by atoms with Gasteiger partial charge in [0.2, 0.25) is 5.91 Å². The number of furan rings is 1. The number of carbonyl (C=O) groups excluding carboxylic acids is 1. The molecule has 0 spiro atoms. The van der Waals surface area contributed by atoms with E-state index in [1.807, 2.05) is 66.9 Å². The number of nitrogens with zero attached hydrogens (tertiary/aromatic N) is 4. The van der Waals surface area contributed by atoms with Crippen molar-refractivity contribution in [3.05, 3.63) is 90.6 Å². The van der Waals surface area contributed by atoms with Crippen LogP contribution in [-0.2, 0) is 11.2 Å². The molecule has 2 N–H and O–H groups in total. The highest BCUT2D eigenvalue weighted by molar-refractivity contribution is 5.78. The number of rotatable bonds is 7. The van der Waals surface area contributed by atoms with E-state index in [-0.39, 0.29) is 18.4 Å². The summed E-state index contributed by atoms with van der Waals surface area (Å²) < 4.78 is 7.49. The number of hydrogen-bond donors (Lipinski definition) is 2. The van der Waals surface area contributed by atoms with Crippen LogP contribution >= 0.6 is 0 Å². The van der Waals surface area contributed by atoms with Crippen LogP contribution in [0.1, 0.15) is 17.3 Å². The van der Waals surface area contributed by atoms with Crippen molar-refractivity contribution < 1.29 is 9.21 Å². The maximum absolute atomic E-state index is 12.6. The highest BCUT2D eigenvalue weighted by Crippen LogP contribution is 2.22. The monoisotopic (exact) mass is 442 g/mol. The van der Waals surface area contributed by atoms with Crippen molar-refractivity contribution in [1.29, 1.82) is 0 Å². The Morgan fingerprint density at radius 1 is 1.15 bits per heavy atom. The summed E-state index contributed by atoms with van der Waals surface area (Å²) in [6, 6.07) is 19.7. The smallest absolute Gasteiger partial charge is 0.225 e. The second-order valence-electron chi connectivity index (χ2n) is 8.02. The molecule has 1 unspecified atom stereocenters. The third-order valence-corrected chi connectivity index (χ3v) is 5.74. The second-order valence-corrected chi connectivity index (χ2v) is 8.02. The molecule has 1 aliphatic rings. The van der Waals surface area contributed by atoms with Gasteiger partial charge >= 0.3 is 0 Å². The number of pyridine rings is 1. The first kappa shape index (κ1) is 21.1. The van der Waals surface area contributed by atoms with Crippen LogP contribution in [0.4, 0.5) is 0 Å². The molecule has 1 amide bonds. The number of para-hydroxylation sites is 1. The number of nitrogens with one attached hydrogen (secondary N) is 2. The quantitative estimate of drug-likeness (QED) is 0.458. The van der Waals surface area contributed by atoms with E-state index < -0.39 is 0 Å². The van der Waals surface area contributed by atoms with Crippen LogP contribution in [0.25, 0.3) is 17.1 Å². The fourth-order valence-electron chi connectivity index (χ4n) is 4.02. The molecule has 8 heteroatoms. The zero-order chi connectivity index (χ0) is 22.5. The van der Waals surface area contributed by atoms with Gasteiger partial charge in [-0.3, -0.25) is 14.7 Å². The first-order valence-corrected chi connectivity index (χ1v) is 11.1. The molecule has 5 rings (SSSR count). The molecule has 0 radical (unpaired) electrons. The standard InChI is InChI=1S/C25H26N6O2/c32-25(28-18-30-13-11-26-16-23(30)21-8-4-5-10-27-21)15-19-14-24(33-17-19)22-9-12-31(29-22)20-6-2-1-3-7-20/h1-10,12,14,17,23,26H,11,13,15-16,18H2,(H,28,32). The summed E-state index contributed by atoms with van der Waals surface area (Å²) in [6.07, 6.45) is 5.58. The summed E-state index contributed by atoms with van der Waals surface area (Å²) in [6.45, 7) is 3.03. The van der Waals surface area contributed by atoms with Gasteiger partial charge in [-0.05, 0) is 36.4 Å². The molecule has 33 heavy (non-hydrogen) atoms. The van der Waals surface area contributed by atoms with Crippen LogP contribution in [0.15, 0.2) is 83.7 Å². The molecule has 1 fully saturated rings. The van der Waals surface area contributed by atoms with Crippen molar-refractivity contribution in [3.63, 3.8) is 0 Å². The summed E-state index contributed by atoms with van der Waals surface area (Å²) in [4.78, 5) is 19.3. The van der Waals surface area contributed by atoms with Crippen LogP contribution in [-0.4, -0.2) is 51.9 Å². The van der Waals surface area contributed by atoms with Gasteiger partial charge in [0.15, 0.2) is 5.76 Å². The summed E-state index contributed by atoms with van der Waals surface area (Å²) >= 11 is 0. The Balaban J connectivity index is 1.18. The molecule has 1 aliphatic heterocycles. The normalized spacial score (nSPS) is 16.5. The largest absolute Gasteiger partial charge is 0.462 e. The lowest BCUT2D eigenvalue weighted by Crippen LogP contribution is -2.50. The number of amides is 1. The summed E-state index contributed by atoms with van der Waals surface area (Å²) in [5, 5.41) is 11.0. The van der Waals surface area contributed by atoms with E-state index in [4.69, 9.17) is 4.42 Å². The summed E-state index contributed by atoms with van der Waals surface area (Å²) in [7, 11) is 0. The average Bonchev–Trinajstić information content (AvgIpc) is 3.54. The molecule has 0 aliphatic carbocycles. The van der Waals surface area contributed by atoms with E-state index in [0.29, 0.717) is 12.4 Å². The number of aromatic nitrogens is 3. The van der Waals surface area contributed by atoms with E-state index in [2.05, 4.69) is 25.6 Å². The van der Waals surface area contributed by atoms with Gasteiger partial charge in [0.1, 0.15) is 5.69 Å². The van der Waals surface area contributed by atoms with Crippen LogP contribution in [0.5, 0.6) is 0 Å². The van der Waals surface area contributed by atoms with Gasteiger partial charge in [-0.1, -0.05) is 24.3 Å². The van der Waals surface area contributed by atoms with Crippen LogP contribution in [0.3, 0.4) is 0 Å². The zero-order valence-electron chi connectivity index (χ0n) is 18.2. The Labute approximate surface area is 192 Å². The molecule has 1 aromatic carbocycles. The predicted octanol–water partition coefficient (Wildman–Crippen LogP) is 2.79. The lowest BCUT2D eigenvalue weighted by atomic mass is 10.1. The highest BCUT2D eigenvalue weighted by atomic mass is 16.3. The molecule has 3 aromatic heterocycles. The van der Waals surface area contributed by atoms with Crippen molar-refractivity contribution in [1.82, 2.24) is 30.3 Å². The molecule has 8 nitrogen and oxygen atoms in total. The van der Waals surface area contributed by atoms with E-state index in [9.17, 15) is 4.79 Å². The molecule has 4 heterocycles. The third kappa shape index (κ3) is 5.02. The molecular weight excluding hydrogens is 416 g/mol. The number of hydrogen-bond acceptors (Lipinski definition) is 6. The molecule has 4 aromatic rings. The summed E-state index contributed by atoms with van der Waals surface area (Å²) in [5.41, 5.74) is 3.53. The topological polar surface area (TPSA) is 88.2 Å². The Kier molecular flexibility index (Phi) is 6.27. The first-order chi connectivity index (χ1) is 16.3. The number of piperazine rings is 1. The second kappa shape index (κ2) is 9.81.